The van der Waals surface area contributed by atoms with E-state index in [-0.39, 0.29) is 0 Å². The van der Waals surface area contributed by atoms with Crippen molar-refractivity contribution in [3.63, 3.8) is 0 Å². The maximum Gasteiger partial charge on any atom is 0.115 e. The van der Waals surface area contributed by atoms with E-state index in [0.717, 1.165) is 22.7 Å². The molecule has 2 aromatic rings. The second-order valence-corrected chi connectivity index (χ2v) is 6.00. The molecule has 0 aliphatic rings. The Bertz CT molecular complexity index is 570. The minimum Gasteiger partial charge on any atom is -0.365 e. The molecule has 1 unspecified atom stereocenters. The molecule has 0 radical (unpaired) electrons. The molecule has 0 aromatic heterocycles. The molecule has 112 valence electrons. The first-order valence-electron chi connectivity index (χ1n) is 7.12. The van der Waals surface area contributed by atoms with Crippen molar-refractivity contribution in [3.05, 3.63) is 70.7 Å². The second-order valence-electron chi connectivity index (χ2n) is 5.56. The van der Waals surface area contributed by atoms with E-state index in [9.17, 15) is 0 Å². The number of likely N-dealkylation sites (N-methyl/N-ethyl adjacent to an activating group) is 1. The van der Waals surface area contributed by atoms with Gasteiger partial charge in [0.15, 0.2) is 0 Å². The van der Waals surface area contributed by atoms with Gasteiger partial charge >= 0.3 is 0 Å². The lowest BCUT2D eigenvalue weighted by molar-refractivity contribution is -0.0101. The van der Waals surface area contributed by atoms with Crippen LogP contribution in [0.25, 0.3) is 0 Å². The van der Waals surface area contributed by atoms with E-state index in [1.165, 1.54) is 0 Å². The molecular formula is C18H22ClNO. The Kier molecular flexibility index (Phi) is 5.40. The molecule has 0 aliphatic carbocycles. The fraction of sp³-hybridized carbons (Fsp3) is 0.333. The molecule has 21 heavy (non-hydrogen) atoms. The van der Waals surface area contributed by atoms with E-state index in [2.05, 4.69) is 30.0 Å². The van der Waals surface area contributed by atoms with Gasteiger partial charge in [-0.05, 0) is 44.3 Å². The predicted molar refractivity (Wildman–Crippen MR) is 88.9 cm³/mol. The number of hydrogen-bond donors (Lipinski definition) is 0. The van der Waals surface area contributed by atoms with E-state index in [4.69, 9.17) is 16.3 Å². The zero-order valence-corrected chi connectivity index (χ0v) is 13.6. The highest BCUT2D eigenvalue weighted by atomic mass is 35.5. The Hall–Kier alpha value is -1.35. The Balaban J connectivity index is 2.34. The van der Waals surface area contributed by atoms with Crippen LogP contribution in [0.2, 0.25) is 5.02 Å². The standard InChI is InChI=1S/C18H22ClNO/c1-18(21-13-12-20(2)3,15-8-5-4-6-9-15)16-10-7-11-17(19)14-16/h4-11,14H,12-13H2,1-3H3. The molecule has 0 aliphatic heterocycles. The van der Waals surface area contributed by atoms with Gasteiger partial charge in [0.25, 0.3) is 0 Å². The molecule has 3 heteroatoms. The van der Waals surface area contributed by atoms with Gasteiger partial charge in [-0.25, -0.2) is 0 Å². The zero-order valence-electron chi connectivity index (χ0n) is 12.8. The lowest BCUT2D eigenvalue weighted by atomic mass is 9.88. The first kappa shape index (κ1) is 16.0. The second kappa shape index (κ2) is 7.08. The summed E-state index contributed by atoms with van der Waals surface area (Å²) >= 11 is 6.16. The summed E-state index contributed by atoms with van der Waals surface area (Å²) in [7, 11) is 4.09. The molecular weight excluding hydrogens is 282 g/mol. The van der Waals surface area contributed by atoms with Gasteiger partial charge in [-0.1, -0.05) is 54.1 Å². The molecule has 0 spiro atoms. The molecule has 2 nitrogen and oxygen atoms in total. The minimum atomic E-state index is -0.498. The molecule has 0 saturated carbocycles. The monoisotopic (exact) mass is 303 g/mol. The van der Waals surface area contributed by atoms with Crippen LogP contribution < -0.4 is 0 Å². The molecule has 2 rings (SSSR count). The Morgan fingerprint density at radius 3 is 2.29 bits per heavy atom. The number of benzene rings is 2. The van der Waals surface area contributed by atoms with Gasteiger partial charge < -0.3 is 9.64 Å². The fourth-order valence-corrected chi connectivity index (χ4v) is 2.50. The van der Waals surface area contributed by atoms with Gasteiger partial charge in [-0.2, -0.15) is 0 Å². The van der Waals surface area contributed by atoms with Gasteiger partial charge in [-0.15, -0.1) is 0 Å². The van der Waals surface area contributed by atoms with Crippen molar-refractivity contribution in [1.82, 2.24) is 4.90 Å². The average molecular weight is 304 g/mol. The maximum absolute atomic E-state index is 6.27. The quantitative estimate of drug-likeness (QED) is 0.793. The highest BCUT2D eigenvalue weighted by molar-refractivity contribution is 6.30. The van der Waals surface area contributed by atoms with Crippen molar-refractivity contribution in [1.29, 1.82) is 0 Å². The summed E-state index contributed by atoms with van der Waals surface area (Å²) < 4.78 is 6.27. The molecule has 1 atom stereocenters. The Labute approximate surface area is 132 Å². The maximum atomic E-state index is 6.27. The first-order chi connectivity index (χ1) is 10.0. The van der Waals surface area contributed by atoms with Gasteiger partial charge in [0.1, 0.15) is 5.60 Å². The zero-order chi connectivity index (χ0) is 15.3. The topological polar surface area (TPSA) is 12.5 Å². The van der Waals surface area contributed by atoms with Crippen molar-refractivity contribution in [2.45, 2.75) is 12.5 Å². The molecule has 0 heterocycles. The van der Waals surface area contributed by atoms with Crippen LogP contribution in [0.4, 0.5) is 0 Å². The number of rotatable bonds is 6. The predicted octanol–water partition coefficient (Wildman–Crippen LogP) is 4.18. The van der Waals surface area contributed by atoms with Crippen LogP contribution in [0, 0.1) is 0 Å². The first-order valence-corrected chi connectivity index (χ1v) is 7.50. The van der Waals surface area contributed by atoms with E-state index < -0.39 is 5.60 Å². The molecule has 0 saturated heterocycles. The Morgan fingerprint density at radius 1 is 1.00 bits per heavy atom. The fourth-order valence-electron chi connectivity index (χ4n) is 2.31. The van der Waals surface area contributed by atoms with Gasteiger partial charge in [0.05, 0.1) is 6.61 Å². The van der Waals surface area contributed by atoms with Crippen molar-refractivity contribution in [2.75, 3.05) is 27.2 Å². The van der Waals surface area contributed by atoms with Crippen LogP contribution in [0.15, 0.2) is 54.6 Å². The number of halogens is 1. The van der Waals surface area contributed by atoms with Gasteiger partial charge in [-0.3, -0.25) is 0 Å². The molecule has 0 fully saturated rings. The number of nitrogens with zero attached hydrogens (tertiary/aromatic N) is 1. The van der Waals surface area contributed by atoms with E-state index in [0.29, 0.717) is 6.61 Å². The van der Waals surface area contributed by atoms with Crippen LogP contribution >= 0.6 is 11.6 Å². The SMILES string of the molecule is CN(C)CCOC(C)(c1ccccc1)c1cccc(Cl)c1. The third-order valence-electron chi connectivity index (χ3n) is 3.63. The normalized spacial score (nSPS) is 14.1. The molecule has 0 bridgehead atoms. The van der Waals surface area contributed by atoms with Gasteiger partial charge in [0.2, 0.25) is 0 Å². The van der Waals surface area contributed by atoms with Crippen molar-refractivity contribution in [3.8, 4) is 0 Å². The van der Waals surface area contributed by atoms with E-state index in [1.54, 1.807) is 0 Å². The molecule has 2 aromatic carbocycles. The highest BCUT2D eigenvalue weighted by Crippen LogP contribution is 2.34. The minimum absolute atomic E-state index is 0.498. The van der Waals surface area contributed by atoms with Crippen LogP contribution in [0.1, 0.15) is 18.1 Å². The summed E-state index contributed by atoms with van der Waals surface area (Å²) in [5, 5.41) is 0.728. The average Bonchev–Trinajstić information content (AvgIpc) is 2.47. The van der Waals surface area contributed by atoms with Crippen LogP contribution in [0.5, 0.6) is 0 Å². The van der Waals surface area contributed by atoms with Gasteiger partial charge in [0, 0.05) is 11.6 Å². The Morgan fingerprint density at radius 2 is 1.67 bits per heavy atom. The van der Waals surface area contributed by atoms with E-state index in [1.807, 2.05) is 50.5 Å². The largest absolute Gasteiger partial charge is 0.365 e. The van der Waals surface area contributed by atoms with Crippen molar-refractivity contribution < 1.29 is 4.74 Å². The summed E-state index contributed by atoms with van der Waals surface area (Å²) in [5.41, 5.74) is 1.70. The van der Waals surface area contributed by atoms with Crippen LogP contribution in [-0.2, 0) is 10.3 Å². The van der Waals surface area contributed by atoms with Crippen LogP contribution in [-0.4, -0.2) is 32.1 Å². The third-order valence-corrected chi connectivity index (χ3v) is 3.86. The van der Waals surface area contributed by atoms with Crippen molar-refractivity contribution in [2.24, 2.45) is 0 Å². The van der Waals surface area contributed by atoms with E-state index >= 15 is 0 Å². The highest BCUT2D eigenvalue weighted by Gasteiger charge is 2.29. The molecule has 0 amide bonds. The van der Waals surface area contributed by atoms with Crippen molar-refractivity contribution >= 4 is 11.6 Å². The number of ether oxygens (including phenoxy) is 1. The third kappa shape index (κ3) is 4.07. The summed E-state index contributed by atoms with van der Waals surface area (Å²) in [6, 6.07) is 18.2. The summed E-state index contributed by atoms with van der Waals surface area (Å²) in [5.74, 6) is 0. The lowest BCUT2D eigenvalue weighted by Gasteiger charge is -2.32. The molecule has 0 N–H and O–H groups in total. The summed E-state index contributed by atoms with van der Waals surface area (Å²) in [4.78, 5) is 2.11. The lowest BCUT2D eigenvalue weighted by Crippen LogP contribution is -2.31. The number of hydrogen-bond acceptors (Lipinski definition) is 2. The van der Waals surface area contributed by atoms with Crippen LogP contribution in [0.3, 0.4) is 0 Å². The smallest absolute Gasteiger partial charge is 0.115 e. The summed E-state index contributed by atoms with van der Waals surface area (Å²) in [6.07, 6.45) is 0. The summed E-state index contributed by atoms with van der Waals surface area (Å²) in [6.45, 7) is 3.64.